The van der Waals surface area contributed by atoms with Crippen LogP contribution < -0.4 is 15.4 Å². The van der Waals surface area contributed by atoms with Gasteiger partial charge in [-0.1, -0.05) is 43.5 Å². The third-order valence-corrected chi connectivity index (χ3v) is 6.95. The van der Waals surface area contributed by atoms with Crippen LogP contribution in [0.4, 0.5) is 11.4 Å². The average molecular weight is 475 g/mol. The number of hydrogen-bond acceptors (Lipinski definition) is 4. The van der Waals surface area contributed by atoms with E-state index in [4.69, 9.17) is 4.74 Å². The number of carbonyl (C=O) groups is 2. The Hall–Kier alpha value is -3.25. The normalized spacial score (nSPS) is 14.7. The summed E-state index contributed by atoms with van der Waals surface area (Å²) in [5, 5.41) is 5.71. The van der Waals surface area contributed by atoms with E-state index in [1.807, 2.05) is 85.8 Å². The van der Waals surface area contributed by atoms with Gasteiger partial charge in [0.25, 0.3) is 0 Å². The lowest BCUT2D eigenvalue weighted by Crippen LogP contribution is -2.24. The molecule has 4 rings (SSSR count). The monoisotopic (exact) mass is 474 g/mol. The molecule has 34 heavy (non-hydrogen) atoms. The summed E-state index contributed by atoms with van der Waals surface area (Å²) >= 11 is 1.46. The van der Waals surface area contributed by atoms with E-state index in [0.717, 1.165) is 42.0 Å². The molecule has 0 aromatic heterocycles. The van der Waals surface area contributed by atoms with Crippen LogP contribution in [-0.4, -0.2) is 17.1 Å². The first-order valence-corrected chi connectivity index (χ1v) is 12.7. The zero-order chi connectivity index (χ0) is 23.8. The highest BCUT2D eigenvalue weighted by Crippen LogP contribution is 2.29. The van der Waals surface area contributed by atoms with Crippen molar-refractivity contribution in [2.24, 2.45) is 5.92 Å². The first-order valence-electron chi connectivity index (χ1n) is 11.8. The van der Waals surface area contributed by atoms with E-state index < -0.39 is 0 Å². The molecule has 2 amide bonds. The summed E-state index contributed by atoms with van der Waals surface area (Å²) < 4.78 is 5.80. The summed E-state index contributed by atoms with van der Waals surface area (Å²) in [6.07, 6.45) is 5.42. The number of para-hydroxylation sites is 1. The van der Waals surface area contributed by atoms with Crippen LogP contribution in [0.2, 0.25) is 0 Å². The topological polar surface area (TPSA) is 67.4 Å². The standard InChI is InChI=1S/C28H30N2O3S/c1-20(27(31)29-22-15-17-25(18-16-22)33-24-12-6-3-7-13-24)34-26-14-8-11-23(19-26)30-28(32)21-9-4-2-5-10-21/h3,6-8,11-21H,2,4-5,9-10H2,1H3,(H,29,31)(H,30,32). The molecule has 1 saturated carbocycles. The second-order valence-electron chi connectivity index (χ2n) is 8.54. The highest BCUT2D eigenvalue weighted by Gasteiger charge is 2.21. The van der Waals surface area contributed by atoms with E-state index in [-0.39, 0.29) is 23.0 Å². The molecule has 0 aliphatic heterocycles. The van der Waals surface area contributed by atoms with Crippen LogP contribution in [0.3, 0.4) is 0 Å². The van der Waals surface area contributed by atoms with Crippen molar-refractivity contribution in [3.05, 3.63) is 78.9 Å². The minimum Gasteiger partial charge on any atom is -0.457 e. The van der Waals surface area contributed by atoms with Crippen LogP contribution >= 0.6 is 11.8 Å². The zero-order valence-corrected chi connectivity index (χ0v) is 20.1. The zero-order valence-electron chi connectivity index (χ0n) is 19.3. The van der Waals surface area contributed by atoms with E-state index >= 15 is 0 Å². The van der Waals surface area contributed by atoms with Crippen molar-refractivity contribution in [1.29, 1.82) is 0 Å². The van der Waals surface area contributed by atoms with Gasteiger partial charge >= 0.3 is 0 Å². The molecule has 1 aliphatic carbocycles. The van der Waals surface area contributed by atoms with Gasteiger partial charge in [0, 0.05) is 22.2 Å². The lowest BCUT2D eigenvalue weighted by atomic mass is 9.88. The highest BCUT2D eigenvalue weighted by atomic mass is 32.2. The SMILES string of the molecule is CC(Sc1cccc(NC(=O)C2CCCCC2)c1)C(=O)Nc1ccc(Oc2ccccc2)cc1. The van der Waals surface area contributed by atoms with Gasteiger partial charge in [-0.05, 0) is 74.4 Å². The smallest absolute Gasteiger partial charge is 0.237 e. The minimum absolute atomic E-state index is 0.0848. The Bertz CT molecular complexity index is 1100. The van der Waals surface area contributed by atoms with Gasteiger partial charge in [-0.3, -0.25) is 9.59 Å². The molecular formula is C28H30N2O3S. The molecule has 3 aromatic rings. The lowest BCUT2D eigenvalue weighted by molar-refractivity contribution is -0.120. The molecule has 1 atom stereocenters. The molecule has 6 heteroatoms. The Kier molecular flexibility index (Phi) is 8.26. The van der Waals surface area contributed by atoms with Gasteiger partial charge in [0.1, 0.15) is 11.5 Å². The molecular weight excluding hydrogens is 444 g/mol. The van der Waals surface area contributed by atoms with Crippen molar-refractivity contribution in [2.45, 2.75) is 49.2 Å². The van der Waals surface area contributed by atoms with Crippen LogP contribution in [0.15, 0.2) is 83.8 Å². The van der Waals surface area contributed by atoms with Gasteiger partial charge in [-0.25, -0.2) is 0 Å². The number of nitrogens with one attached hydrogen (secondary N) is 2. The quantitative estimate of drug-likeness (QED) is 0.341. The van der Waals surface area contributed by atoms with E-state index in [0.29, 0.717) is 11.4 Å². The van der Waals surface area contributed by atoms with Crippen molar-refractivity contribution < 1.29 is 14.3 Å². The molecule has 3 aromatic carbocycles. The van der Waals surface area contributed by atoms with Gasteiger partial charge in [-0.15, -0.1) is 11.8 Å². The number of ether oxygens (including phenoxy) is 1. The third kappa shape index (κ3) is 6.87. The summed E-state index contributed by atoms with van der Waals surface area (Å²) in [6, 6.07) is 24.6. The fourth-order valence-electron chi connectivity index (χ4n) is 3.99. The molecule has 1 aliphatic rings. The maximum atomic E-state index is 12.7. The largest absolute Gasteiger partial charge is 0.457 e. The molecule has 2 N–H and O–H groups in total. The van der Waals surface area contributed by atoms with Crippen molar-refractivity contribution in [3.8, 4) is 11.5 Å². The van der Waals surface area contributed by atoms with Crippen molar-refractivity contribution in [1.82, 2.24) is 0 Å². The Morgan fingerprint density at radius 1 is 0.824 bits per heavy atom. The number of anilines is 2. The van der Waals surface area contributed by atoms with Gasteiger partial charge in [0.05, 0.1) is 5.25 Å². The first-order chi connectivity index (χ1) is 16.6. The maximum Gasteiger partial charge on any atom is 0.237 e. The Balaban J connectivity index is 1.29. The van der Waals surface area contributed by atoms with Crippen molar-refractivity contribution in [3.63, 3.8) is 0 Å². The second-order valence-corrected chi connectivity index (χ2v) is 9.96. The number of hydrogen-bond donors (Lipinski definition) is 2. The lowest BCUT2D eigenvalue weighted by Gasteiger charge is -2.21. The molecule has 0 saturated heterocycles. The average Bonchev–Trinajstić information content (AvgIpc) is 2.86. The van der Waals surface area contributed by atoms with Gasteiger partial charge in [0.15, 0.2) is 0 Å². The summed E-state index contributed by atoms with van der Waals surface area (Å²) in [5.41, 5.74) is 1.49. The molecule has 0 radical (unpaired) electrons. The first kappa shape index (κ1) is 23.9. The minimum atomic E-state index is -0.301. The molecule has 5 nitrogen and oxygen atoms in total. The van der Waals surface area contributed by atoms with Crippen LogP contribution in [-0.2, 0) is 9.59 Å². The summed E-state index contributed by atoms with van der Waals surface area (Å²) in [5.74, 6) is 1.60. The van der Waals surface area contributed by atoms with Crippen LogP contribution in [0.5, 0.6) is 11.5 Å². The van der Waals surface area contributed by atoms with Crippen LogP contribution in [0.25, 0.3) is 0 Å². The van der Waals surface area contributed by atoms with E-state index in [9.17, 15) is 9.59 Å². The number of thioether (sulfide) groups is 1. The molecule has 1 fully saturated rings. The fourth-order valence-corrected chi connectivity index (χ4v) is 4.92. The van der Waals surface area contributed by atoms with E-state index in [1.165, 1.54) is 18.2 Å². The Labute approximate surface area is 205 Å². The third-order valence-electron chi connectivity index (χ3n) is 5.86. The Morgan fingerprint density at radius 2 is 1.53 bits per heavy atom. The molecule has 0 bridgehead atoms. The number of amides is 2. The maximum absolute atomic E-state index is 12.7. The number of benzene rings is 3. The predicted octanol–water partition coefficient (Wildman–Crippen LogP) is 7.12. The molecule has 176 valence electrons. The number of rotatable bonds is 8. The van der Waals surface area contributed by atoms with Crippen molar-refractivity contribution >= 4 is 35.0 Å². The van der Waals surface area contributed by atoms with Crippen LogP contribution in [0.1, 0.15) is 39.0 Å². The Morgan fingerprint density at radius 3 is 2.26 bits per heavy atom. The second kappa shape index (κ2) is 11.7. The van der Waals surface area contributed by atoms with E-state index in [1.54, 1.807) is 0 Å². The summed E-state index contributed by atoms with van der Waals surface area (Å²) in [4.78, 5) is 26.2. The fraction of sp³-hybridized carbons (Fsp3) is 0.286. The number of carbonyl (C=O) groups excluding carboxylic acids is 2. The van der Waals surface area contributed by atoms with Crippen molar-refractivity contribution in [2.75, 3.05) is 10.6 Å². The highest BCUT2D eigenvalue weighted by molar-refractivity contribution is 8.00. The summed E-state index contributed by atoms with van der Waals surface area (Å²) in [6.45, 7) is 1.88. The van der Waals surface area contributed by atoms with Gasteiger partial charge in [0.2, 0.25) is 11.8 Å². The summed E-state index contributed by atoms with van der Waals surface area (Å²) in [7, 11) is 0. The van der Waals surface area contributed by atoms with E-state index in [2.05, 4.69) is 10.6 Å². The molecule has 0 spiro atoms. The van der Waals surface area contributed by atoms with Crippen LogP contribution in [0, 0.1) is 5.92 Å². The molecule has 0 heterocycles. The molecule has 1 unspecified atom stereocenters. The predicted molar refractivity (Wildman–Crippen MR) is 139 cm³/mol. The van der Waals surface area contributed by atoms with Gasteiger partial charge in [-0.2, -0.15) is 0 Å². The van der Waals surface area contributed by atoms with Gasteiger partial charge < -0.3 is 15.4 Å².